The van der Waals surface area contributed by atoms with Gasteiger partial charge in [-0.3, -0.25) is 4.57 Å². The zero-order chi connectivity index (χ0) is 12.7. The van der Waals surface area contributed by atoms with Gasteiger partial charge in [0.25, 0.3) is 0 Å². The smallest absolute Gasteiger partial charge is 0.166 e. The van der Waals surface area contributed by atoms with Crippen molar-refractivity contribution in [3.8, 4) is 5.69 Å². The lowest BCUT2D eigenvalue weighted by Gasteiger charge is -2.12. The van der Waals surface area contributed by atoms with Crippen LogP contribution in [0.25, 0.3) is 5.69 Å². The summed E-state index contributed by atoms with van der Waals surface area (Å²) in [4.78, 5) is 1.26. The normalized spacial score (nSPS) is 10.9. The van der Waals surface area contributed by atoms with Crippen molar-refractivity contribution in [3.63, 3.8) is 0 Å². The Hall–Kier alpha value is 0.0300. The van der Waals surface area contributed by atoms with Crippen LogP contribution in [0.4, 0.5) is 0 Å². The van der Waals surface area contributed by atoms with E-state index >= 15 is 0 Å². The van der Waals surface area contributed by atoms with E-state index in [0.717, 1.165) is 18.6 Å². The molecule has 2 aromatic rings. The SMILES string of the molecule is Cc1cc(Br)c(-n2c(C)c(C)sc2=S)c(Br)c1. The first kappa shape index (κ1) is 13.5. The summed E-state index contributed by atoms with van der Waals surface area (Å²) in [5.41, 5.74) is 3.50. The molecular formula is C12H11Br2NS2. The highest BCUT2D eigenvalue weighted by atomic mass is 79.9. The number of hydrogen-bond donors (Lipinski definition) is 0. The van der Waals surface area contributed by atoms with Crippen LogP contribution >= 0.6 is 55.4 Å². The number of aryl methyl sites for hydroxylation is 2. The van der Waals surface area contributed by atoms with E-state index in [1.54, 1.807) is 11.3 Å². The van der Waals surface area contributed by atoms with Gasteiger partial charge in [-0.25, -0.2) is 0 Å². The minimum atomic E-state index is 0.880. The molecule has 2 rings (SSSR count). The van der Waals surface area contributed by atoms with E-state index < -0.39 is 0 Å². The summed E-state index contributed by atoms with van der Waals surface area (Å²) < 4.78 is 5.11. The number of hydrogen-bond acceptors (Lipinski definition) is 2. The number of rotatable bonds is 1. The van der Waals surface area contributed by atoms with Crippen molar-refractivity contribution in [1.82, 2.24) is 4.57 Å². The van der Waals surface area contributed by atoms with Crippen LogP contribution in [0.2, 0.25) is 0 Å². The van der Waals surface area contributed by atoms with Gasteiger partial charge in [-0.1, -0.05) is 0 Å². The largest absolute Gasteiger partial charge is 0.294 e. The van der Waals surface area contributed by atoms with Crippen molar-refractivity contribution < 1.29 is 0 Å². The van der Waals surface area contributed by atoms with Crippen molar-refractivity contribution >= 4 is 55.4 Å². The van der Waals surface area contributed by atoms with Crippen LogP contribution in [0.15, 0.2) is 21.1 Å². The second kappa shape index (κ2) is 4.96. The summed E-state index contributed by atoms with van der Waals surface area (Å²) in [5, 5.41) is 0. The molecule has 0 radical (unpaired) electrons. The molecule has 0 aliphatic rings. The van der Waals surface area contributed by atoms with Crippen LogP contribution < -0.4 is 0 Å². The molecule has 0 atom stereocenters. The van der Waals surface area contributed by atoms with E-state index in [1.165, 1.54) is 16.1 Å². The minimum absolute atomic E-state index is 0.880. The topological polar surface area (TPSA) is 4.93 Å². The van der Waals surface area contributed by atoms with Gasteiger partial charge in [0, 0.05) is 19.5 Å². The van der Waals surface area contributed by atoms with Crippen LogP contribution in [-0.4, -0.2) is 4.57 Å². The molecule has 0 aliphatic carbocycles. The number of thiazole rings is 1. The first-order valence-electron chi connectivity index (χ1n) is 5.07. The zero-order valence-corrected chi connectivity index (χ0v) is 14.5. The molecule has 1 heterocycles. The van der Waals surface area contributed by atoms with Crippen LogP contribution in [0, 0.1) is 24.7 Å². The summed E-state index contributed by atoms with van der Waals surface area (Å²) in [6.45, 7) is 6.27. The highest BCUT2D eigenvalue weighted by Crippen LogP contribution is 2.34. The van der Waals surface area contributed by atoms with Gasteiger partial charge in [0.2, 0.25) is 0 Å². The molecular weight excluding hydrogens is 382 g/mol. The molecule has 0 amide bonds. The molecule has 17 heavy (non-hydrogen) atoms. The molecule has 0 saturated heterocycles. The first-order chi connectivity index (χ1) is 7.91. The average molecular weight is 393 g/mol. The van der Waals surface area contributed by atoms with Crippen LogP contribution in [-0.2, 0) is 0 Å². The highest BCUT2D eigenvalue weighted by molar-refractivity contribution is 9.11. The Morgan fingerprint density at radius 2 is 1.65 bits per heavy atom. The van der Waals surface area contributed by atoms with Crippen molar-refractivity contribution in [2.45, 2.75) is 20.8 Å². The van der Waals surface area contributed by atoms with Crippen molar-refractivity contribution in [1.29, 1.82) is 0 Å². The molecule has 1 aromatic carbocycles. The molecule has 1 nitrogen and oxygen atoms in total. The van der Waals surface area contributed by atoms with Gasteiger partial charge in [-0.05, 0) is 82.5 Å². The van der Waals surface area contributed by atoms with Gasteiger partial charge in [0.05, 0.1) is 5.69 Å². The third kappa shape index (κ3) is 2.43. The standard InChI is InChI=1S/C12H11Br2NS2/c1-6-4-9(13)11(10(14)5-6)15-7(2)8(3)17-12(15)16/h4-5H,1-3H3. The second-order valence-corrected chi connectivity index (χ2v) is 7.48. The quantitative estimate of drug-likeness (QED) is 0.562. The molecule has 0 unspecified atom stereocenters. The third-order valence-electron chi connectivity index (χ3n) is 2.65. The van der Waals surface area contributed by atoms with E-state index in [1.807, 2.05) is 0 Å². The Bertz CT molecular complexity index is 617. The maximum absolute atomic E-state index is 5.43. The molecule has 0 fully saturated rings. The molecule has 0 aliphatic heterocycles. The van der Waals surface area contributed by atoms with E-state index in [4.69, 9.17) is 12.2 Å². The van der Waals surface area contributed by atoms with E-state index in [0.29, 0.717) is 0 Å². The summed E-state index contributed by atoms with van der Waals surface area (Å²) >= 11 is 14.3. The number of halogens is 2. The molecule has 0 spiro atoms. The highest BCUT2D eigenvalue weighted by Gasteiger charge is 2.13. The number of nitrogens with zero attached hydrogens (tertiary/aromatic N) is 1. The Morgan fingerprint density at radius 1 is 1.12 bits per heavy atom. The molecule has 5 heteroatoms. The zero-order valence-electron chi connectivity index (χ0n) is 9.67. The Kier molecular flexibility index (Phi) is 3.92. The lowest BCUT2D eigenvalue weighted by molar-refractivity contribution is 0.980. The Labute approximate surface area is 127 Å². The maximum atomic E-state index is 5.43. The van der Waals surface area contributed by atoms with Gasteiger partial charge >= 0.3 is 0 Å². The summed E-state index contributed by atoms with van der Waals surface area (Å²) in [5.74, 6) is 0. The Balaban J connectivity index is 2.82. The lowest BCUT2D eigenvalue weighted by atomic mass is 10.2. The fraction of sp³-hybridized carbons (Fsp3) is 0.250. The molecule has 90 valence electrons. The average Bonchev–Trinajstić information content (AvgIpc) is 2.43. The molecule has 0 N–H and O–H groups in total. The van der Waals surface area contributed by atoms with Crippen LogP contribution in [0.3, 0.4) is 0 Å². The van der Waals surface area contributed by atoms with E-state index in [2.05, 4.69) is 69.3 Å². The first-order valence-corrected chi connectivity index (χ1v) is 7.88. The molecule has 0 saturated carbocycles. The van der Waals surface area contributed by atoms with Gasteiger partial charge in [0.15, 0.2) is 3.95 Å². The maximum Gasteiger partial charge on any atom is 0.166 e. The van der Waals surface area contributed by atoms with Gasteiger partial charge < -0.3 is 0 Å². The minimum Gasteiger partial charge on any atom is -0.294 e. The lowest BCUT2D eigenvalue weighted by Crippen LogP contribution is -2.00. The van der Waals surface area contributed by atoms with Gasteiger partial charge in [-0.2, -0.15) is 0 Å². The number of benzene rings is 1. The van der Waals surface area contributed by atoms with Crippen LogP contribution in [0.5, 0.6) is 0 Å². The fourth-order valence-corrected chi connectivity index (χ4v) is 4.90. The second-order valence-electron chi connectivity index (χ2n) is 3.92. The molecule has 0 bridgehead atoms. The van der Waals surface area contributed by atoms with Gasteiger partial charge in [0.1, 0.15) is 0 Å². The van der Waals surface area contributed by atoms with E-state index in [-0.39, 0.29) is 0 Å². The van der Waals surface area contributed by atoms with Crippen molar-refractivity contribution in [2.24, 2.45) is 0 Å². The Morgan fingerprint density at radius 3 is 2.06 bits per heavy atom. The fourth-order valence-electron chi connectivity index (χ4n) is 1.71. The van der Waals surface area contributed by atoms with E-state index in [9.17, 15) is 0 Å². The van der Waals surface area contributed by atoms with Crippen molar-refractivity contribution in [2.75, 3.05) is 0 Å². The summed E-state index contributed by atoms with van der Waals surface area (Å²) in [7, 11) is 0. The predicted octanol–water partition coefficient (Wildman–Crippen LogP) is 5.72. The summed E-state index contributed by atoms with van der Waals surface area (Å²) in [6.07, 6.45) is 0. The van der Waals surface area contributed by atoms with Crippen molar-refractivity contribution in [3.05, 3.63) is 41.2 Å². The van der Waals surface area contributed by atoms with Gasteiger partial charge in [-0.15, -0.1) is 11.3 Å². The van der Waals surface area contributed by atoms with Crippen LogP contribution in [0.1, 0.15) is 16.1 Å². The predicted molar refractivity (Wildman–Crippen MR) is 84.1 cm³/mol. The summed E-state index contributed by atoms with van der Waals surface area (Å²) in [6, 6.07) is 4.21. The monoisotopic (exact) mass is 391 g/mol. The number of aromatic nitrogens is 1. The third-order valence-corrected chi connectivity index (χ3v) is 5.25. The molecule has 1 aromatic heterocycles.